The molecule has 6 nitrogen and oxygen atoms in total. The highest BCUT2D eigenvalue weighted by atomic mass is 16.5. The van der Waals surface area contributed by atoms with Gasteiger partial charge in [-0.2, -0.15) is 0 Å². The van der Waals surface area contributed by atoms with Crippen molar-refractivity contribution in [2.45, 2.75) is 19.3 Å². The number of rotatable bonds is 20. The van der Waals surface area contributed by atoms with E-state index in [0.717, 1.165) is 11.5 Å². The van der Waals surface area contributed by atoms with Crippen molar-refractivity contribution < 1.29 is 28.4 Å². The Morgan fingerprint density at radius 2 is 0.946 bits per heavy atom. The van der Waals surface area contributed by atoms with Crippen molar-refractivity contribution in [3.8, 4) is 11.5 Å². The highest BCUT2D eigenvalue weighted by molar-refractivity contribution is 5.41. The van der Waals surface area contributed by atoms with Crippen LogP contribution in [0.1, 0.15) is 25.0 Å². The zero-order valence-corrected chi connectivity index (χ0v) is 22.2. The molecule has 0 unspecified atom stereocenters. The summed E-state index contributed by atoms with van der Waals surface area (Å²) in [5, 5.41) is 0. The largest absolute Gasteiger partial charge is 0.492 e. The Hall–Kier alpha value is -3.48. The smallest absolute Gasteiger partial charge is 0.119 e. The highest BCUT2D eigenvalue weighted by Crippen LogP contribution is 2.33. The van der Waals surface area contributed by atoms with E-state index in [4.69, 9.17) is 28.4 Å². The molecule has 0 spiro atoms. The van der Waals surface area contributed by atoms with Gasteiger partial charge in [-0.1, -0.05) is 64.4 Å². The van der Waals surface area contributed by atoms with Crippen LogP contribution in [-0.4, -0.2) is 52.9 Å². The predicted octanol–water partition coefficient (Wildman–Crippen LogP) is 6.24. The van der Waals surface area contributed by atoms with Crippen molar-refractivity contribution in [2.24, 2.45) is 0 Å². The second-order valence-electron chi connectivity index (χ2n) is 8.63. The van der Waals surface area contributed by atoms with E-state index in [2.05, 4.69) is 64.4 Å². The number of benzene rings is 2. The van der Waals surface area contributed by atoms with Crippen molar-refractivity contribution in [3.05, 3.63) is 110 Å². The summed E-state index contributed by atoms with van der Waals surface area (Å²) in [6.45, 7) is 22.7. The lowest BCUT2D eigenvalue weighted by molar-refractivity contribution is 0.0610. The Morgan fingerprint density at radius 3 is 1.30 bits per heavy atom. The third kappa shape index (κ3) is 11.0. The van der Waals surface area contributed by atoms with Gasteiger partial charge >= 0.3 is 0 Å². The first-order valence-corrected chi connectivity index (χ1v) is 12.4. The van der Waals surface area contributed by atoms with Gasteiger partial charge < -0.3 is 28.4 Å². The molecule has 0 atom stereocenters. The minimum atomic E-state index is -0.172. The minimum Gasteiger partial charge on any atom is -0.492 e. The molecule has 0 fully saturated rings. The summed E-state index contributed by atoms with van der Waals surface area (Å²) < 4.78 is 33.2. The Labute approximate surface area is 221 Å². The first-order valence-electron chi connectivity index (χ1n) is 12.4. The summed E-state index contributed by atoms with van der Waals surface area (Å²) in [6.07, 6.45) is 3.14. The molecule has 6 heteroatoms. The molecule has 0 heterocycles. The Kier molecular flexibility index (Phi) is 13.1. The van der Waals surface area contributed by atoms with Crippen LogP contribution in [0.15, 0.2) is 98.5 Å². The third-order valence-corrected chi connectivity index (χ3v) is 5.63. The van der Waals surface area contributed by atoms with Gasteiger partial charge in [-0.15, -0.1) is 0 Å². The maximum atomic E-state index is 5.79. The Morgan fingerprint density at radius 1 is 0.595 bits per heavy atom. The molecule has 37 heavy (non-hydrogen) atoms. The van der Waals surface area contributed by atoms with Crippen LogP contribution in [0.3, 0.4) is 0 Å². The maximum absolute atomic E-state index is 5.79. The monoisotopic (exact) mass is 508 g/mol. The summed E-state index contributed by atoms with van der Waals surface area (Å²) in [5.74, 6) is 2.70. The van der Waals surface area contributed by atoms with Gasteiger partial charge in [-0.05, 0) is 47.5 Å². The van der Waals surface area contributed by atoms with Gasteiger partial charge in [0.1, 0.15) is 49.4 Å². The number of ether oxygens (including phenoxy) is 6. The van der Waals surface area contributed by atoms with E-state index < -0.39 is 0 Å². The second kappa shape index (κ2) is 16.3. The second-order valence-corrected chi connectivity index (χ2v) is 8.63. The van der Waals surface area contributed by atoms with Gasteiger partial charge in [0.05, 0.1) is 26.4 Å². The summed E-state index contributed by atoms with van der Waals surface area (Å²) >= 11 is 0. The van der Waals surface area contributed by atoms with Crippen molar-refractivity contribution in [1.29, 1.82) is 0 Å². The van der Waals surface area contributed by atoms with Gasteiger partial charge in [0, 0.05) is 5.41 Å². The van der Waals surface area contributed by atoms with E-state index in [1.165, 1.54) is 11.1 Å². The molecule has 2 rings (SSSR count). The quantitative estimate of drug-likeness (QED) is 0.120. The molecule has 0 aliphatic heterocycles. The Bertz CT molecular complexity index is 896. The van der Waals surface area contributed by atoms with E-state index in [9.17, 15) is 0 Å². The van der Waals surface area contributed by atoms with Crippen LogP contribution >= 0.6 is 0 Å². The van der Waals surface area contributed by atoms with Crippen molar-refractivity contribution in [2.75, 3.05) is 52.9 Å². The van der Waals surface area contributed by atoms with Gasteiger partial charge in [-0.25, -0.2) is 0 Å². The van der Waals surface area contributed by atoms with Crippen LogP contribution in [0.25, 0.3) is 0 Å². The summed E-state index contributed by atoms with van der Waals surface area (Å²) in [7, 11) is 0. The molecule has 0 aliphatic rings. The first-order chi connectivity index (χ1) is 17.9. The lowest BCUT2D eigenvalue weighted by atomic mass is 9.78. The molecule has 2 aromatic carbocycles. The lowest BCUT2D eigenvalue weighted by Gasteiger charge is -2.26. The molecule has 0 aromatic heterocycles. The standard InChI is InChI=1S/C31H40O6/c1-7-25(3)34-21-17-32-19-23-36-29-13-9-27(10-14-29)31(5,6)28-11-15-30(16-12-28)37-24-20-33-18-22-35-26(4)8-2/h7-16H,1-4,17-24H2,5-6H3. The van der Waals surface area contributed by atoms with Crippen LogP contribution in [-0.2, 0) is 24.4 Å². The highest BCUT2D eigenvalue weighted by Gasteiger charge is 2.23. The number of allylic oxidation sites excluding steroid dienone is 2. The number of hydrogen-bond donors (Lipinski definition) is 0. The average molecular weight is 509 g/mol. The molecule has 0 bridgehead atoms. The number of hydrogen-bond acceptors (Lipinski definition) is 6. The van der Waals surface area contributed by atoms with E-state index in [1.54, 1.807) is 12.2 Å². The molecule has 0 aliphatic carbocycles. The van der Waals surface area contributed by atoms with E-state index in [-0.39, 0.29) is 5.41 Å². The summed E-state index contributed by atoms with van der Waals surface area (Å²) in [6, 6.07) is 16.4. The zero-order valence-electron chi connectivity index (χ0n) is 22.2. The first kappa shape index (κ1) is 29.7. The van der Waals surface area contributed by atoms with Crippen LogP contribution in [0.2, 0.25) is 0 Å². The molecular formula is C31H40O6. The molecular weight excluding hydrogens is 468 g/mol. The topological polar surface area (TPSA) is 55.4 Å². The van der Waals surface area contributed by atoms with Crippen molar-refractivity contribution >= 4 is 0 Å². The fraction of sp³-hybridized carbons (Fsp3) is 0.355. The molecule has 0 saturated heterocycles. The van der Waals surface area contributed by atoms with Gasteiger partial charge in [-0.3, -0.25) is 0 Å². The van der Waals surface area contributed by atoms with Gasteiger partial charge in [0.25, 0.3) is 0 Å². The molecule has 0 saturated carbocycles. The molecule has 200 valence electrons. The van der Waals surface area contributed by atoms with E-state index in [1.807, 2.05) is 24.3 Å². The van der Waals surface area contributed by atoms with Gasteiger partial charge in [0.2, 0.25) is 0 Å². The maximum Gasteiger partial charge on any atom is 0.119 e. The zero-order chi connectivity index (χ0) is 26.9. The van der Waals surface area contributed by atoms with Crippen LogP contribution in [0, 0.1) is 0 Å². The molecule has 2 aromatic rings. The summed E-state index contributed by atoms with van der Waals surface area (Å²) in [5.41, 5.74) is 2.21. The van der Waals surface area contributed by atoms with E-state index in [0.29, 0.717) is 64.4 Å². The molecule has 0 radical (unpaired) electrons. The fourth-order valence-electron chi connectivity index (χ4n) is 3.32. The van der Waals surface area contributed by atoms with E-state index >= 15 is 0 Å². The van der Waals surface area contributed by atoms with Crippen molar-refractivity contribution in [3.63, 3.8) is 0 Å². The SMILES string of the molecule is C=CC(=C)OCCOCCOc1ccc(C(C)(C)c2ccc(OCCOCCOC(=C)C=C)cc2)cc1. The van der Waals surface area contributed by atoms with Crippen LogP contribution < -0.4 is 9.47 Å². The van der Waals surface area contributed by atoms with Crippen molar-refractivity contribution in [1.82, 2.24) is 0 Å². The fourth-order valence-corrected chi connectivity index (χ4v) is 3.32. The minimum absolute atomic E-state index is 0.172. The molecule has 0 amide bonds. The normalized spacial score (nSPS) is 10.9. The van der Waals surface area contributed by atoms with Crippen LogP contribution in [0.5, 0.6) is 11.5 Å². The third-order valence-electron chi connectivity index (χ3n) is 5.63. The Balaban J connectivity index is 1.72. The predicted molar refractivity (Wildman–Crippen MR) is 148 cm³/mol. The molecule has 0 N–H and O–H groups in total. The average Bonchev–Trinajstić information content (AvgIpc) is 2.92. The lowest BCUT2D eigenvalue weighted by Crippen LogP contribution is -2.19. The summed E-state index contributed by atoms with van der Waals surface area (Å²) in [4.78, 5) is 0. The van der Waals surface area contributed by atoms with Gasteiger partial charge in [0.15, 0.2) is 0 Å². The van der Waals surface area contributed by atoms with Crippen LogP contribution in [0.4, 0.5) is 0 Å².